The number of aryl methyl sites for hydroxylation is 1. The minimum Gasteiger partial charge on any atom is -0.425 e. The lowest BCUT2D eigenvalue weighted by Crippen LogP contribution is -2.11. The summed E-state index contributed by atoms with van der Waals surface area (Å²) in [4.78, 5) is 0.982. The number of nitrogens with two attached hydrogens (primary N) is 1. The van der Waals surface area contributed by atoms with Gasteiger partial charge in [0.15, 0.2) is 5.82 Å². The molecule has 0 aliphatic rings. The molecule has 0 aromatic carbocycles. The molecule has 0 unspecified atom stereocenters. The summed E-state index contributed by atoms with van der Waals surface area (Å²) in [5.74, 6) is 8.23. The predicted molar refractivity (Wildman–Crippen MR) is 72.1 cm³/mol. The van der Waals surface area contributed by atoms with Crippen LogP contribution in [0.1, 0.15) is 11.8 Å². The van der Waals surface area contributed by atoms with Gasteiger partial charge in [0, 0.05) is 6.92 Å². The summed E-state index contributed by atoms with van der Waals surface area (Å²) in [5.41, 5.74) is 0. The van der Waals surface area contributed by atoms with Crippen molar-refractivity contribution in [1.29, 1.82) is 0 Å². The van der Waals surface area contributed by atoms with E-state index in [1.54, 1.807) is 18.3 Å². The van der Waals surface area contributed by atoms with Crippen molar-refractivity contribution in [2.24, 2.45) is 0 Å². The topological polar surface area (TPSA) is 95.7 Å². The van der Waals surface area contributed by atoms with E-state index in [1.165, 1.54) is 16.4 Å². The molecule has 0 fully saturated rings. The maximum Gasteiger partial charge on any atom is 0.226 e. The van der Waals surface area contributed by atoms with Crippen LogP contribution < -0.4 is 5.84 Å². The van der Waals surface area contributed by atoms with Gasteiger partial charge in [-0.1, -0.05) is 17.8 Å². The lowest BCUT2D eigenvalue weighted by Gasteiger charge is -2.00. The Kier molecular flexibility index (Phi) is 3.22. The SMILES string of the molecule is Cc1nnc(CSc2nnc(-c3cccs3)n2N)o1. The molecule has 0 aliphatic carbocycles. The molecule has 3 aromatic heterocycles. The first kappa shape index (κ1) is 12.2. The van der Waals surface area contributed by atoms with Crippen LogP contribution in [0, 0.1) is 6.92 Å². The minimum atomic E-state index is 0.514. The zero-order valence-corrected chi connectivity index (χ0v) is 11.6. The molecule has 0 bridgehead atoms. The number of thiophene rings is 1. The van der Waals surface area contributed by atoms with E-state index in [2.05, 4.69) is 20.4 Å². The summed E-state index contributed by atoms with van der Waals surface area (Å²) in [7, 11) is 0. The van der Waals surface area contributed by atoms with Crippen LogP contribution in [0.3, 0.4) is 0 Å². The van der Waals surface area contributed by atoms with Crippen molar-refractivity contribution >= 4 is 23.1 Å². The highest BCUT2D eigenvalue weighted by Gasteiger charge is 2.14. The number of aromatic nitrogens is 5. The standard InChI is InChI=1S/C10H10N6OS2/c1-6-12-13-8(17-6)5-19-10-15-14-9(16(10)11)7-3-2-4-18-7/h2-4H,5,11H2,1H3. The largest absolute Gasteiger partial charge is 0.425 e. The van der Waals surface area contributed by atoms with E-state index in [-0.39, 0.29) is 0 Å². The third-order valence-corrected chi connectivity index (χ3v) is 4.09. The van der Waals surface area contributed by atoms with Crippen molar-refractivity contribution in [3.63, 3.8) is 0 Å². The number of nitrogen functional groups attached to an aromatic ring is 1. The zero-order chi connectivity index (χ0) is 13.2. The van der Waals surface area contributed by atoms with E-state index < -0.39 is 0 Å². The Hall–Kier alpha value is -1.87. The van der Waals surface area contributed by atoms with E-state index in [0.29, 0.717) is 28.5 Å². The smallest absolute Gasteiger partial charge is 0.226 e. The number of thioether (sulfide) groups is 1. The lowest BCUT2D eigenvalue weighted by atomic mass is 10.4. The van der Waals surface area contributed by atoms with Crippen molar-refractivity contribution in [2.75, 3.05) is 5.84 Å². The average Bonchev–Trinajstić information content (AvgIpc) is 3.09. The Morgan fingerprint density at radius 1 is 1.37 bits per heavy atom. The minimum absolute atomic E-state index is 0.514. The molecule has 3 aromatic rings. The summed E-state index contributed by atoms with van der Waals surface area (Å²) >= 11 is 2.97. The number of rotatable bonds is 4. The van der Waals surface area contributed by atoms with Gasteiger partial charge in [0.25, 0.3) is 0 Å². The van der Waals surface area contributed by atoms with Gasteiger partial charge in [0.1, 0.15) is 0 Å². The Morgan fingerprint density at radius 3 is 2.95 bits per heavy atom. The van der Waals surface area contributed by atoms with Crippen LogP contribution in [0.25, 0.3) is 10.7 Å². The monoisotopic (exact) mass is 294 g/mol. The van der Waals surface area contributed by atoms with Gasteiger partial charge in [-0.05, 0) is 11.4 Å². The maximum absolute atomic E-state index is 5.97. The molecular formula is C10H10N6OS2. The molecule has 19 heavy (non-hydrogen) atoms. The molecule has 0 saturated carbocycles. The van der Waals surface area contributed by atoms with Crippen molar-refractivity contribution < 1.29 is 4.42 Å². The van der Waals surface area contributed by atoms with E-state index in [0.717, 1.165) is 4.88 Å². The summed E-state index contributed by atoms with van der Waals surface area (Å²) in [6, 6.07) is 3.90. The van der Waals surface area contributed by atoms with Gasteiger partial charge in [-0.3, -0.25) is 0 Å². The number of hydrogen-bond acceptors (Lipinski definition) is 8. The van der Waals surface area contributed by atoms with Crippen LogP contribution in [0.15, 0.2) is 27.1 Å². The molecule has 0 amide bonds. The molecule has 0 saturated heterocycles. The zero-order valence-electron chi connectivity index (χ0n) is 9.98. The van der Waals surface area contributed by atoms with E-state index in [9.17, 15) is 0 Å². The molecule has 2 N–H and O–H groups in total. The fraction of sp³-hybridized carbons (Fsp3) is 0.200. The van der Waals surface area contributed by atoms with Crippen molar-refractivity contribution in [2.45, 2.75) is 17.8 Å². The van der Waals surface area contributed by atoms with Crippen LogP contribution in [-0.4, -0.2) is 25.1 Å². The third-order valence-electron chi connectivity index (χ3n) is 2.30. The second-order valence-corrected chi connectivity index (χ2v) is 5.55. The Balaban J connectivity index is 1.75. The normalized spacial score (nSPS) is 11.0. The molecule has 98 valence electrons. The van der Waals surface area contributed by atoms with E-state index in [4.69, 9.17) is 10.3 Å². The lowest BCUT2D eigenvalue weighted by molar-refractivity contribution is 0.485. The molecule has 0 spiro atoms. The molecule has 0 aliphatic heterocycles. The molecule has 9 heteroatoms. The third kappa shape index (κ3) is 2.47. The van der Waals surface area contributed by atoms with Crippen molar-refractivity contribution in [1.82, 2.24) is 25.1 Å². The predicted octanol–water partition coefficient (Wildman–Crippen LogP) is 1.70. The van der Waals surface area contributed by atoms with Crippen LogP contribution in [0.5, 0.6) is 0 Å². The van der Waals surface area contributed by atoms with Gasteiger partial charge in [0.2, 0.25) is 16.9 Å². The molecular weight excluding hydrogens is 284 g/mol. The van der Waals surface area contributed by atoms with Gasteiger partial charge in [-0.15, -0.1) is 31.7 Å². The van der Waals surface area contributed by atoms with Gasteiger partial charge in [-0.25, -0.2) is 4.68 Å². The maximum atomic E-state index is 5.97. The van der Waals surface area contributed by atoms with Crippen molar-refractivity contribution in [3.8, 4) is 10.7 Å². The second kappa shape index (κ2) is 5.02. The van der Waals surface area contributed by atoms with Gasteiger partial charge >= 0.3 is 0 Å². The summed E-state index contributed by atoms with van der Waals surface area (Å²) in [6.45, 7) is 1.75. The number of hydrogen-bond donors (Lipinski definition) is 1. The van der Waals surface area contributed by atoms with Gasteiger partial charge in [-0.2, -0.15) is 0 Å². The van der Waals surface area contributed by atoms with Crippen LogP contribution in [0.4, 0.5) is 0 Å². The van der Waals surface area contributed by atoms with Gasteiger partial charge < -0.3 is 10.3 Å². The summed E-state index contributed by atoms with van der Waals surface area (Å²) < 4.78 is 6.76. The van der Waals surface area contributed by atoms with Crippen LogP contribution in [-0.2, 0) is 5.75 Å². The quantitative estimate of drug-likeness (QED) is 0.578. The van der Waals surface area contributed by atoms with Gasteiger partial charge in [0.05, 0.1) is 10.6 Å². The highest BCUT2D eigenvalue weighted by atomic mass is 32.2. The first-order valence-electron chi connectivity index (χ1n) is 5.40. The highest BCUT2D eigenvalue weighted by Crippen LogP contribution is 2.26. The highest BCUT2D eigenvalue weighted by molar-refractivity contribution is 7.98. The first-order chi connectivity index (χ1) is 9.24. The summed E-state index contributed by atoms with van der Waals surface area (Å²) in [6.07, 6.45) is 0. The molecule has 3 rings (SSSR count). The first-order valence-corrected chi connectivity index (χ1v) is 7.26. The van der Waals surface area contributed by atoms with Crippen LogP contribution >= 0.6 is 23.1 Å². The van der Waals surface area contributed by atoms with E-state index >= 15 is 0 Å². The van der Waals surface area contributed by atoms with Crippen LogP contribution in [0.2, 0.25) is 0 Å². The Morgan fingerprint density at radius 2 is 2.26 bits per heavy atom. The molecule has 3 heterocycles. The molecule has 0 radical (unpaired) electrons. The van der Waals surface area contributed by atoms with E-state index in [1.807, 2.05) is 17.5 Å². The Bertz CT molecular complexity index is 674. The summed E-state index contributed by atoms with van der Waals surface area (Å²) in [5, 5.41) is 18.4. The van der Waals surface area contributed by atoms with Crippen molar-refractivity contribution in [3.05, 3.63) is 29.3 Å². The molecule has 0 atom stereocenters. The fourth-order valence-electron chi connectivity index (χ4n) is 1.47. The fourth-order valence-corrected chi connectivity index (χ4v) is 2.87. The number of nitrogens with zero attached hydrogens (tertiary/aromatic N) is 5. The average molecular weight is 294 g/mol. The second-order valence-electron chi connectivity index (χ2n) is 3.66. The molecule has 7 nitrogen and oxygen atoms in total. The Labute approximate surface area is 116 Å².